The predicted octanol–water partition coefficient (Wildman–Crippen LogP) is 13.0. The van der Waals surface area contributed by atoms with Gasteiger partial charge in [-0.2, -0.15) is 0 Å². The van der Waals surface area contributed by atoms with Crippen LogP contribution in [0.4, 0.5) is 0 Å². The zero-order chi connectivity index (χ0) is 37.0. The quantitative estimate of drug-likeness (QED) is 0.186. The minimum absolute atomic E-state index is 0.383. The summed E-state index contributed by atoms with van der Waals surface area (Å²) < 4.78 is 13.5. The van der Waals surface area contributed by atoms with Crippen LogP contribution in [-0.4, -0.2) is 11.7 Å². The lowest BCUT2D eigenvalue weighted by molar-refractivity contribution is 0.668. The summed E-state index contributed by atoms with van der Waals surface area (Å²) in [6.07, 6.45) is -0.383. The molecule has 1 atom stereocenters. The van der Waals surface area contributed by atoms with Gasteiger partial charge in [-0.25, -0.2) is 9.98 Å². The third kappa shape index (κ3) is 5.32. The van der Waals surface area contributed by atoms with Crippen LogP contribution in [0.2, 0.25) is 0 Å². The van der Waals surface area contributed by atoms with Crippen molar-refractivity contribution in [2.45, 2.75) is 6.17 Å². The van der Waals surface area contributed by atoms with Gasteiger partial charge in [0.2, 0.25) is 0 Å². The average Bonchev–Trinajstić information content (AvgIpc) is 3.86. The van der Waals surface area contributed by atoms with Crippen LogP contribution in [0.5, 0.6) is 0 Å². The van der Waals surface area contributed by atoms with Crippen molar-refractivity contribution in [3.05, 3.63) is 205 Å². The van der Waals surface area contributed by atoms with Crippen molar-refractivity contribution in [3.8, 4) is 33.4 Å². The fraction of sp³-hybridized carbons (Fsp3) is 0.0196. The van der Waals surface area contributed by atoms with Crippen LogP contribution in [0, 0.1) is 0 Å². The molecule has 1 unspecified atom stereocenters. The molecule has 0 saturated carbocycles. The fourth-order valence-corrected chi connectivity index (χ4v) is 8.15. The van der Waals surface area contributed by atoms with Gasteiger partial charge in [0.05, 0.1) is 0 Å². The molecule has 5 nitrogen and oxygen atoms in total. The van der Waals surface area contributed by atoms with E-state index in [1.54, 1.807) is 0 Å². The molecule has 0 saturated heterocycles. The van der Waals surface area contributed by atoms with Crippen molar-refractivity contribution in [1.29, 1.82) is 0 Å². The summed E-state index contributed by atoms with van der Waals surface area (Å²) in [5, 5.41) is 7.78. The highest BCUT2D eigenvalue weighted by Crippen LogP contribution is 2.45. The largest absolute Gasteiger partial charge is 0.456 e. The Morgan fingerprint density at radius 2 is 1.04 bits per heavy atom. The average molecular weight is 720 g/mol. The number of para-hydroxylation sites is 2. The molecule has 3 heterocycles. The molecule has 8 aromatic carbocycles. The Labute approximate surface area is 322 Å². The second-order valence-corrected chi connectivity index (χ2v) is 14.1. The Morgan fingerprint density at radius 3 is 1.86 bits per heavy atom. The van der Waals surface area contributed by atoms with Crippen molar-refractivity contribution >= 4 is 55.5 Å². The normalized spacial score (nSPS) is 14.2. The van der Waals surface area contributed by atoms with Crippen molar-refractivity contribution < 1.29 is 8.83 Å². The molecule has 0 fully saturated rings. The SMILES string of the molecule is c1ccc(C2=NC(c3ccc(-c4ccccc4)c4oc5c(-c6cccc7oc8ccccc8c67)cccc5c34)=NC(c3cccc(-c4ccccc4)c3)N2)cc1. The van der Waals surface area contributed by atoms with E-state index in [9.17, 15) is 0 Å². The van der Waals surface area contributed by atoms with Crippen LogP contribution in [0.1, 0.15) is 22.9 Å². The van der Waals surface area contributed by atoms with Crippen LogP contribution in [0.25, 0.3) is 77.3 Å². The summed E-state index contributed by atoms with van der Waals surface area (Å²) in [5.41, 5.74) is 12.7. The van der Waals surface area contributed by atoms with E-state index in [0.717, 1.165) is 99.8 Å². The Hall–Kier alpha value is -7.50. The van der Waals surface area contributed by atoms with Crippen LogP contribution in [0.3, 0.4) is 0 Å². The molecule has 0 aliphatic carbocycles. The number of hydrogen-bond donors (Lipinski definition) is 1. The lowest BCUT2D eigenvalue weighted by atomic mass is 9.95. The molecule has 0 radical (unpaired) electrons. The van der Waals surface area contributed by atoms with E-state index in [1.807, 2.05) is 48.5 Å². The van der Waals surface area contributed by atoms with Gasteiger partial charge >= 0.3 is 0 Å². The number of hydrogen-bond acceptors (Lipinski definition) is 5. The first kappa shape index (κ1) is 32.0. The minimum atomic E-state index is -0.383. The second-order valence-electron chi connectivity index (χ2n) is 14.1. The van der Waals surface area contributed by atoms with Crippen LogP contribution in [0.15, 0.2) is 207 Å². The van der Waals surface area contributed by atoms with Crippen LogP contribution >= 0.6 is 0 Å². The molecule has 0 amide bonds. The molecule has 2 aromatic heterocycles. The van der Waals surface area contributed by atoms with E-state index in [1.165, 1.54) is 0 Å². The number of nitrogens with one attached hydrogen (secondary N) is 1. The van der Waals surface area contributed by atoms with E-state index >= 15 is 0 Å². The molecular weight excluding hydrogens is 687 g/mol. The zero-order valence-corrected chi connectivity index (χ0v) is 30.2. The molecule has 10 aromatic rings. The van der Waals surface area contributed by atoms with E-state index in [2.05, 4.69) is 145 Å². The highest BCUT2D eigenvalue weighted by atomic mass is 16.3. The first-order valence-electron chi connectivity index (χ1n) is 18.9. The van der Waals surface area contributed by atoms with E-state index in [-0.39, 0.29) is 6.17 Å². The van der Waals surface area contributed by atoms with Crippen molar-refractivity contribution in [3.63, 3.8) is 0 Å². The molecule has 0 bridgehead atoms. The summed E-state index contributed by atoms with van der Waals surface area (Å²) in [6.45, 7) is 0. The second kappa shape index (κ2) is 13.1. The highest BCUT2D eigenvalue weighted by Gasteiger charge is 2.26. The van der Waals surface area contributed by atoms with Gasteiger partial charge < -0.3 is 14.2 Å². The number of amidine groups is 2. The summed E-state index contributed by atoms with van der Waals surface area (Å²) in [6, 6.07) is 64.9. The third-order valence-electron chi connectivity index (χ3n) is 10.8. The Balaban J connectivity index is 1.16. The molecule has 1 aliphatic rings. The number of fused-ring (bicyclic) bond motifs is 6. The summed E-state index contributed by atoms with van der Waals surface area (Å²) in [4.78, 5) is 10.7. The maximum atomic E-state index is 7.13. The molecular formula is C51H33N3O2. The lowest BCUT2D eigenvalue weighted by Gasteiger charge is -2.24. The summed E-state index contributed by atoms with van der Waals surface area (Å²) in [7, 11) is 0. The maximum Gasteiger partial charge on any atom is 0.160 e. The van der Waals surface area contributed by atoms with Gasteiger partial charge in [0.1, 0.15) is 34.3 Å². The first-order valence-corrected chi connectivity index (χ1v) is 18.9. The predicted molar refractivity (Wildman–Crippen MR) is 229 cm³/mol. The van der Waals surface area contributed by atoms with E-state index < -0.39 is 0 Å². The number of nitrogens with zero attached hydrogens (tertiary/aromatic N) is 2. The molecule has 264 valence electrons. The van der Waals surface area contributed by atoms with Crippen LogP contribution in [-0.2, 0) is 0 Å². The number of benzene rings is 8. The number of aliphatic imine (C=N–C) groups is 2. The zero-order valence-electron chi connectivity index (χ0n) is 30.2. The molecule has 5 heteroatoms. The van der Waals surface area contributed by atoms with Gasteiger partial charge in [0.15, 0.2) is 5.84 Å². The Bertz CT molecular complexity index is 3160. The van der Waals surface area contributed by atoms with E-state index in [0.29, 0.717) is 5.84 Å². The van der Waals surface area contributed by atoms with E-state index in [4.69, 9.17) is 18.8 Å². The van der Waals surface area contributed by atoms with Gasteiger partial charge in [-0.3, -0.25) is 0 Å². The molecule has 1 N–H and O–H groups in total. The van der Waals surface area contributed by atoms with Crippen molar-refractivity contribution in [2.75, 3.05) is 0 Å². The van der Waals surface area contributed by atoms with Crippen LogP contribution < -0.4 is 5.32 Å². The minimum Gasteiger partial charge on any atom is -0.456 e. The molecule has 1 aliphatic heterocycles. The monoisotopic (exact) mass is 719 g/mol. The van der Waals surface area contributed by atoms with Gasteiger partial charge in [0, 0.05) is 43.8 Å². The first-order chi connectivity index (χ1) is 27.8. The van der Waals surface area contributed by atoms with Gasteiger partial charge in [-0.1, -0.05) is 158 Å². The van der Waals surface area contributed by atoms with Gasteiger partial charge in [-0.15, -0.1) is 0 Å². The summed E-state index contributed by atoms with van der Waals surface area (Å²) in [5.74, 6) is 1.40. The number of furan rings is 2. The third-order valence-corrected chi connectivity index (χ3v) is 10.8. The van der Waals surface area contributed by atoms with Gasteiger partial charge in [0.25, 0.3) is 0 Å². The van der Waals surface area contributed by atoms with Gasteiger partial charge in [-0.05, 0) is 58.1 Å². The number of rotatable bonds is 6. The van der Waals surface area contributed by atoms with Crippen molar-refractivity contribution in [2.24, 2.45) is 9.98 Å². The standard InChI is InChI=1S/C51H33N3O2/c1-4-15-32(16-5-1)35-21-12-22-36(31-35)50-52-49(34-19-8-3-9-20-34)53-51(54-50)42-30-29-37(33-17-6-2-7-18-33)48-46(42)41-26-13-25-39(47(41)56-48)38-24-14-28-44-45(38)40-23-10-11-27-43(40)55-44/h1-31,50H,(H,52,53,54). The highest BCUT2D eigenvalue weighted by molar-refractivity contribution is 6.25. The maximum absolute atomic E-state index is 7.13. The lowest BCUT2D eigenvalue weighted by Crippen LogP contribution is -2.33. The summed E-state index contributed by atoms with van der Waals surface area (Å²) >= 11 is 0. The Morgan fingerprint density at radius 1 is 0.411 bits per heavy atom. The van der Waals surface area contributed by atoms with Crippen molar-refractivity contribution in [1.82, 2.24) is 5.32 Å². The molecule has 0 spiro atoms. The fourth-order valence-electron chi connectivity index (χ4n) is 8.15. The smallest absolute Gasteiger partial charge is 0.160 e. The topological polar surface area (TPSA) is 63.0 Å². The molecule has 11 rings (SSSR count). The Kier molecular flexibility index (Phi) is 7.49. The molecule has 56 heavy (non-hydrogen) atoms.